The lowest BCUT2D eigenvalue weighted by Gasteiger charge is -2.24. The normalized spacial score (nSPS) is 11.9. The summed E-state index contributed by atoms with van der Waals surface area (Å²) in [5.74, 6) is 1.93. The molecule has 0 fully saturated rings. The van der Waals surface area contributed by atoms with Crippen molar-refractivity contribution in [2.24, 2.45) is 0 Å². The Bertz CT molecular complexity index is 893. The van der Waals surface area contributed by atoms with Gasteiger partial charge in [-0.1, -0.05) is 29.8 Å². The number of benzene rings is 1. The molecule has 0 aliphatic rings. The lowest BCUT2D eigenvalue weighted by atomic mass is 10.2. The zero-order valence-corrected chi connectivity index (χ0v) is 15.6. The molecule has 0 unspecified atom stereocenters. The van der Waals surface area contributed by atoms with Crippen molar-refractivity contribution in [3.8, 4) is 5.75 Å². The van der Waals surface area contributed by atoms with Gasteiger partial charge in [-0.25, -0.2) is 9.38 Å². The van der Waals surface area contributed by atoms with Crippen LogP contribution in [0.5, 0.6) is 5.75 Å². The van der Waals surface area contributed by atoms with E-state index in [2.05, 4.69) is 38.5 Å². The van der Waals surface area contributed by atoms with Gasteiger partial charge in [0.2, 0.25) is 5.82 Å². The van der Waals surface area contributed by atoms with Gasteiger partial charge in [-0.15, -0.1) is 0 Å². The van der Waals surface area contributed by atoms with Gasteiger partial charge in [0.15, 0.2) is 11.4 Å². The summed E-state index contributed by atoms with van der Waals surface area (Å²) >= 11 is 6.22. The maximum Gasteiger partial charge on any atom is 0.235 e. The second-order valence-electron chi connectivity index (χ2n) is 6.91. The van der Waals surface area contributed by atoms with E-state index in [1.807, 2.05) is 37.3 Å². The zero-order valence-electron chi connectivity index (χ0n) is 14.8. The lowest BCUT2D eigenvalue weighted by Crippen LogP contribution is -2.36. The Labute approximate surface area is 147 Å². The third-order valence-corrected chi connectivity index (χ3v) is 4.41. The van der Waals surface area contributed by atoms with Crippen LogP contribution in [0.4, 0.5) is 5.82 Å². The van der Waals surface area contributed by atoms with Crippen molar-refractivity contribution in [2.75, 3.05) is 21.1 Å². The molecule has 24 heavy (non-hydrogen) atoms. The molecule has 0 saturated heterocycles. The summed E-state index contributed by atoms with van der Waals surface area (Å²) in [4.78, 5) is 4.76. The summed E-state index contributed by atoms with van der Waals surface area (Å²) in [6.45, 7) is 4.55. The first-order valence-corrected chi connectivity index (χ1v) is 8.33. The predicted octanol–water partition coefficient (Wildman–Crippen LogP) is 4.38. The number of quaternary nitrogens is 1. The Kier molecular flexibility index (Phi) is 4.28. The minimum absolute atomic E-state index is 0.421. The molecule has 0 atom stereocenters. The van der Waals surface area contributed by atoms with Crippen LogP contribution in [0.25, 0.3) is 5.65 Å². The van der Waals surface area contributed by atoms with Crippen LogP contribution in [0.1, 0.15) is 17.0 Å². The molecule has 4 nitrogen and oxygen atoms in total. The second kappa shape index (κ2) is 6.11. The zero-order chi connectivity index (χ0) is 17.5. The van der Waals surface area contributed by atoms with Crippen LogP contribution < -0.4 is 9.22 Å². The fraction of sp³-hybridized carbons (Fsp3) is 0.316. The molecule has 0 N–H and O–H groups in total. The van der Waals surface area contributed by atoms with Gasteiger partial charge in [0.25, 0.3) is 0 Å². The molecule has 0 bridgehead atoms. The van der Waals surface area contributed by atoms with E-state index >= 15 is 0 Å². The summed E-state index contributed by atoms with van der Waals surface area (Å²) in [6.07, 6.45) is 0. The summed E-state index contributed by atoms with van der Waals surface area (Å²) in [7, 11) is 6.44. The Balaban J connectivity index is 2.04. The number of halogens is 1. The van der Waals surface area contributed by atoms with Crippen molar-refractivity contribution >= 4 is 23.1 Å². The van der Waals surface area contributed by atoms with Gasteiger partial charge in [-0.2, -0.15) is 0 Å². The molecule has 2 heterocycles. The Morgan fingerprint density at radius 2 is 1.79 bits per heavy atom. The highest BCUT2D eigenvalue weighted by Gasteiger charge is 2.25. The van der Waals surface area contributed by atoms with E-state index in [0.29, 0.717) is 16.1 Å². The summed E-state index contributed by atoms with van der Waals surface area (Å²) in [5, 5.41) is 0.715. The summed E-state index contributed by atoms with van der Waals surface area (Å²) in [5.41, 5.74) is 3.97. The summed E-state index contributed by atoms with van der Waals surface area (Å²) < 4.78 is 8.92. The topological polar surface area (TPSA) is 26.5 Å². The minimum atomic E-state index is 0.421. The van der Waals surface area contributed by atoms with Crippen LogP contribution in [-0.2, 0) is 6.61 Å². The van der Waals surface area contributed by atoms with Gasteiger partial charge in [-0.3, -0.25) is 4.48 Å². The first-order chi connectivity index (χ1) is 11.3. The van der Waals surface area contributed by atoms with Crippen molar-refractivity contribution in [1.29, 1.82) is 0 Å². The molecule has 3 rings (SSSR count). The molecule has 5 heteroatoms. The van der Waals surface area contributed by atoms with Crippen molar-refractivity contribution in [1.82, 2.24) is 13.9 Å². The van der Waals surface area contributed by atoms with E-state index in [0.717, 1.165) is 34.2 Å². The van der Waals surface area contributed by atoms with Crippen LogP contribution in [0.15, 0.2) is 36.4 Å². The van der Waals surface area contributed by atoms with Crippen molar-refractivity contribution < 1.29 is 4.74 Å². The first kappa shape index (κ1) is 16.8. The van der Waals surface area contributed by atoms with E-state index in [4.69, 9.17) is 21.3 Å². The third kappa shape index (κ3) is 2.99. The monoisotopic (exact) mass is 344 g/mol. The van der Waals surface area contributed by atoms with E-state index in [9.17, 15) is 0 Å². The molecule has 126 valence electrons. The molecule has 0 amide bonds. The molecular formula is C19H23ClN3O+. The Morgan fingerprint density at radius 1 is 1.08 bits per heavy atom. The largest absolute Gasteiger partial charge is 0.485 e. The van der Waals surface area contributed by atoms with Gasteiger partial charge < -0.3 is 4.74 Å². The number of nitrogens with zero attached hydrogens (tertiary/aromatic N) is 3. The van der Waals surface area contributed by atoms with Gasteiger partial charge in [0.1, 0.15) is 12.3 Å². The fourth-order valence-corrected chi connectivity index (χ4v) is 3.23. The molecule has 0 radical (unpaired) electrons. The number of aromatic nitrogens is 2. The Hall–Kier alpha value is -2.04. The number of imidazole rings is 1. The van der Waals surface area contributed by atoms with Crippen LogP contribution in [0.2, 0.25) is 5.02 Å². The molecule has 2 aromatic heterocycles. The average Bonchev–Trinajstić information content (AvgIpc) is 2.86. The summed E-state index contributed by atoms with van der Waals surface area (Å²) in [6, 6.07) is 11.8. The van der Waals surface area contributed by atoms with E-state index in [1.165, 1.54) is 0 Å². The first-order valence-electron chi connectivity index (χ1n) is 7.96. The van der Waals surface area contributed by atoms with Gasteiger partial charge in [-0.05, 0) is 32.0 Å². The highest BCUT2D eigenvalue weighted by Crippen LogP contribution is 2.31. The lowest BCUT2D eigenvalue weighted by molar-refractivity contribution is 0.308. The molecule has 1 aromatic carbocycles. The number of pyridine rings is 1. The maximum absolute atomic E-state index is 6.22. The highest BCUT2D eigenvalue weighted by molar-refractivity contribution is 6.31. The van der Waals surface area contributed by atoms with E-state index in [1.54, 1.807) is 0 Å². The average molecular weight is 345 g/mol. The number of aryl methyl sites for hydroxylation is 2. The minimum Gasteiger partial charge on any atom is -0.485 e. The molecule has 3 aromatic rings. The van der Waals surface area contributed by atoms with E-state index < -0.39 is 0 Å². The third-order valence-electron chi connectivity index (χ3n) is 4.05. The standard InChI is InChI=1S/C19H23ClN3O/c1-13-10-11-17(24-12-15-8-6-7-9-16(15)20)18-21-14(2)19(22(13)18)23(3,4)5/h6-11H,12H2,1-5H3/q+1. The second-order valence-corrected chi connectivity index (χ2v) is 7.32. The SMILES string of the molecule is Cc1nc2c(OCc3ccccc3Cl)ccc(C)n2c1[N+](C)(C)C. The van der Waals surface area contributed by atoms with Gasteiger partial charge >= 0.3 is 0 Å². The van der Waals surface area contributed by atoms with E-state index in [-0.39, 0.29) is 0 Å². The quantitative estimate of drug-likeness (QED) is 0.656. The fourth-order valence-electron chi connectivity index (χ4n) is 3.03. The smallest absolute Gasteiger partial charge is 0.235 e. The number of rotatable bonds is 4. The van der Waals surface area contributed by atoms with Crippen molar-refractivity contribution in [2.45, 2.75) is 20.5 Å². The number of ether oxygens (including phenoxy) is 1. The molecule has 0 spiro atoms. The maximum atomic E-state index is 6.22. The van der Waals surface area contributed by atoms with Crippen molar-refractivity contribution in [3.05, 3.63) is 58.4 Å². The molecular weight excluding hydrogens is 322 g/mol. The Morgan fingerprint density at radius 3 is 2.46 bits per heavy atom. The number of fused-ring (bicyclic) bond motifs is 1. The number of hydrogen-bond donors (Lipinski definition) is 0. The van der Waals surface area contributed by atoms with Crippen LogP contribution in [0, 0.1) is 13.8 Å². The predicted molar refractivity (Wildman–Crippen MR) is 100 cm³/mol. The van der Waals surface area contributed by atoms with Gasteiger partial charge in [0.05, 0.1) is 21.1 Å². The highest BCUT2D eigenvalue weighted by atomic mass is 35.5. The number of hydrogen-bond acceptors (Lipinski definition) is 2. The van der Waals surface area contributed by atoms with Crippen molar-refractivity contribution in [3.63, 3.8) is 0 Å². The van der Waals surface area contributed by atoms with Crippen LogP contribution in [-0.4, -0.2) is 30.5 Å². The molecule has 0 aliphatic carbocycles. The van der Waals surface area contributed by atoms with Gasteiger partial charge in [0, 0.05) is 16.3 Å². The van der Waals surface area contributed by atoms with Crippen LogP contribution >= 0.6 is 11.6 Å². The molecule has 0 aliphatic heterocycles. The van der Waals surface area contributed by atoms with Crippen LogP contribution in [0.3, 0.4) is 0 Å². The molecule has 0 saturated carbocycles.